The number of hydrogen-bond acceptors (Lipinski definition) is 5. The van der Waals surface area contributed by atoms with E-state index in [1.54, 1.807) is 31.2 Å². The number of methoxy groups -OCH3 is 1. The molecule has 2 amide bonds. The van der Waals surface area contributed by atoms with Crippen molar-refractivity contribution in [1.82, 2.24) is 10.2 Å². The Morgan fingerprint density at radius 1 is 1.32 bits per heavy atom. The summed E-state index contributed by atoms with van der Waals surface area (Å²) < 4.78 is 5.32. The molecule has 2 rings (SSSR count). The highest BCUT2D eigenvalue weighted by molar-refractivity contribution is 5.96. The third kappa shape index (κ3) is 5.76. The van der Waals surface area contributed by atoms with E-state index in [2.05, 4.69) is 11.4 Å². The molecule has 7 heteroatoms. The van der Waals surface area contributed by atoms with Gasteiger partial charge in [0.05, 0.1) is 38.4 Å². The molecule has 0 aliphatic heterocycles. The van der Waals surface area contributed by atoms with Gasteiger partial charge in [-0.1, -0.05) is 12.1 Å². The highest BCUT2D eigenvalue weighted by Crippen LogP contribution is 2.28. The van der Waals surface area contributed by atoms with Crippen molar-refractivity contribution in [2.75, 3.05) is 38.7 Å². The molecular formula is C18H24N4O3. The molecular weight excluding hydrogens is 320 g/mol. The molecule has 134 valence electrons. The second-order valence-electron chi connectivity index (χ2n) is 6.14. The minimum atomic E-state index is -0.179. The van der Waals surface area contributed by atoms with Crippen LogP contribution in [0.2, 0.25) is 0 Å². The molecule has 1 aliphatic rings. The van der Waals surface area contributed by atoms with Gasteiger partial charge in [0.1, 0.15) is 5.75 Å². The van der Waals surface area contributed by atoms with E-state index in [0.29, 0.717) is 17.5 Å². The van der Waals surface area contributed by atoms with Crippen LogP contribution in [0.25, 0.3) is 0 Å². The lowest BCUT2D eigenvalue weighted by atomic mass is 10.2. The van der Waals surface area contributed by atoms with Crippen LogP contribution in [-0.2, 0) is 9.59 Å². The Bertz CT molecular complexity index is 652. The van der Waals surface area contributed by atoms with Gasteiger partial charge in [-0.3, -0.25) is 14.5 Å². The van der Waals surface area contributed by atoms with Crippen molar-refractivity contribution in [2.45, 2.75) is 25.3 Å². The quantitative estimate of drug-likeness (QED) is 0.726. The number of amides is 2. The number of anilines is 1. The minimum absolute atomic E-state index is 0.0707. The van der Waals surface area contributed by atoms with E-state index < -0.39 is 0 Å². The molecule has 1 saturated carbocycles. The number of nitrogens with one attached hydrogen (secondary N) is 1. The second-order valence-corrected chi connectivity index (χ2v) is 6.14. The number of rotatable bonds is 9. The van der Waals surface area contributed by atoms with Gasteiger partial charge >= 0.3 is 0 Å². The normalized spacial score (nSPS) is 13.2. The molecule has 7 nitrogen and oxygen atoms in total. The van der Waals surface area contributed by atoms with E-state index in [0.717, 1.165) is 12.8 Å². The van der Waals surface area contributed by atoms with Gasteiger partial charge in [0.2, 0.25) is 11.8 Å². The summed E-state index contributed by atoms with van der Waals surface area (Å²) in [6.07, 6.45) is 2.28. The average Bonchev–Trinajstić information content (AvgIpc) is 3.39. The van der Waals surface area contributed by atoms with Gasteiger partial charge in [0.25, 0.3) is 0 Å². The Hall–Kier alpha value is -2.59. The third-order valence-corrected chi connectivity index (χ3v) is 3.89. The smallest absolute Gasteiger partial charge is 0.241 e. The van der Waals surface area contributed by atoms with Gasteiger partial charge in [-0.05, 0) is 32.0 Å². The number of para-hydroxylation sites is 2. The zero-order valence-corrected chi connectivity index (χ0v) is 14.7. The largest absolute Gasteiger partial charge is 0.495 e. The first-order chi connectivity index (χ1) is 12.0. The van der Waals surface area contributed by atoms with Crippen molar-refractivity contribution < 1.29 is 14.3 Å². The molecule has 25 heavy (non-hydrogen) atoms. The van der Waals surface area contributed by atoms with E-state index in [-0.39, 0.29) is 37.9 Å². The maximum atomic E-state index is 12.7. The predicted molar refractivity (Wildman–Crippen MR) is 94.2 cm³/mol. The van der Waals surface area contributed by atoms with Crippen molar-refractivity contribution in [2.24, 2.45) is 0 Å². The average molecular weight is 344 g/mol. The fourth-order valence-corrected chi connectivity index (χ4v) is 2.51. The number of ether oxygens (including phenoxy) is 1. The summed E-state index contributed by atoms with van der Waals surface area (Å²) in [5, 5.41) is 11.8. The van der Waals surface area contributed by atoms with E-state index in [4.69, 9.17) is 10.00 Å². The lowest BCUT2D eigenvalue weighted by Crippen LogP contribution is -2.43. The molecule has 0 saturated heterocycles. The van der Waals surface area contributed by atoms with E-state index in [1.807, 2.05) is 12.1 Å². The third-order valence-electron chi connectivity index (χ3n) is 3.89. The molecule has 1 N–H and O–H groups in total. The summed E-state index contributed by atoms with van der Waals surface area (Å²) in [4.78, 5) is 27.8. The van der Waals surface area contributed by atoms with Crippen LogP contribution in [0.4, 0.5) is 5.69 Å². The molecule has 0 aromatic heterocycles. The van der Waals surface area contributed by atoms with Crippen molar-refractivity contribution in [3.63, 3.8) is 0 Å². The standard InChI is InChI=1S/C18H24N4O3/c1-21(12-17(23)20-14-8-9-14)13-18(24)22(11-5-10-19)15-6-3-4-7-16(15)25-2/h3-4,6-7,14H,5,8-9,11-13H2,1-2H3,(H,20,23). The summed E-state index contributed by atoms with van der Waals surface area (Å²) in [6, 6.07) is 9.56. The van der Waals surface area contributed by atoms with Crippen LogP contribution in [0.3, 0.4) is 0 Å². The number of carbonyl (C=O) groups is 2. The van der Waals surface area contributed by atoms with Crippen molar-refractivity contribution >= 4 is 17.5 Å². The van der Waals surface area contributed by atoms with Crippen LogP contribution in [0.1, 0.15) is 19.3 Å². The van der Waals surface area contributed by atoms with Crippen LogP contribution in [0.5, 0.6) is 5.75 Å². The molecule has 0 radical (unpaired) electrons. The fourth-order valence-electron chi connectivity index (χ4n) is 2.51. The van der Waals surface area contributed by atoms with Crippen molar-refractivity contribution in [1.29, 1.82) is 5.26 Å². The number of nitrogens with zero attached hydrogens (tertiary/aromatic N) is 3. The first kappa shape index (κ1) is 18.7. The molecule has 1 fully saturated rings. The van der Waals surface area contributed by atoms with Crippen LogP contribution in [-0.4, -0.2) is 56.5 Å². The Labute approximate surface area is 148 Å². The maximum absolute atomic E-state index is 12.7. The monoisotopic (exact) mass is 344 g/mol. The molecule has 1 aromatic carbocycles. The van der Waals surface area contributed by atoms with Crippen molar-refractivity contribution in [3.05, 3.63) is 24.3 Å². The fraction of sp³-hybridized carbons (Fsp3) is 0.500. The Morgan fingerprint density at radius 3 is 2.68 bits per heavy atom. The first-order valence-electron chi connectivity index (χ1n) is 8.33. The van der Waals surface area contributed by atoms with E-state index >= 15 is 0 Å². The Kier molecular flexibility index (Phi) is 6.78. The van der Waals surface area contributed by atoms with Gasteiger partial charge in [0.15, 0.2) is 0 Å². The van der Waals surface area contributed by atoms with Crippen LogP contribution >= 0.6 is 0 Å². The van der Waals surface area contributed by atoms with Gasteiger partial charge < -0.3 is 15.0 Å². The predicted octanol–water partition coefficient (Wildman–Crippen LogP) is 1.15. The molecule has 0 atom stereocenters. The maximum Gasteiger partial charge on any atom is 0.241 e. The lowest BCUT2D eigenvalue weighted by Gasteiger charge is -2.26. The molecule has 1 aliphatic carbocycles. The molecule has 0 unspecified atom stereocenters. The molecule has 1 aromatic rings. The SMILES string of the molecule is COc1ccccc1N(CCC#N)C(=O)CN(C)CC(=O)NC1CC1. The molecule has 0 bridgehead atoms. The number of hydrogen-bond donors (Lipinski definition) is 1. The van der Waals surface area contributed by atoms with Gasteiger partial charge in [-0.2, -0.15) is 5.26 Å². The second kappa shape index (κ2) is 9.04. The highest BCUT2D eigenvalue weighted by atomic mass is 16.5. The number of nitriles is 1. The topological polar surface area (TPSA) is 85.7 Å². The van der Waals surface area contributed by atoms with Gasteiger partial charge in [0, 0.05) is 12.6 Å². The Morgan fingerprint density at radius 2 is 2.04 bits per heavy atom. The zero-order chi connectivity index (χ0) is 18.2. The van der Waals surface area contributed by atoms with Crippen molar-refractivity contribution in [3.8, 4) is 11.8 Å². The zero-order valence-electron chi connectivity index (χ0n) is 14.7. The number of benzene rings is 1. The van der Waals surface area contributed by atoms with E-state index in [1.165, 1.54) is 4.90 Å². The summed E-state index contributed by atoms with van der Waals surface area (Å²) in [6.45, 7) is 0.527. The first-order valence-corrected chi connectivity index (χ1v) is 8.33. The summed E-state index contributed by atoms with van der Waals surface area (Å²) in [5.74, 6) is 0.322. The molecule has 0 heterocycles. The van der Waals surface area contributed by atoms with Gasteiger partial charge in [-0.25, -0.2) is 0 Å². The number of carbonyl (C=O) groups excluding carboxylic acids is 2. The van der Waals surface area contributed by atoms with Crippen LogP contribution in [0, 0.1) is 11.3 Å². The summed E-state index contributed by atoms with van der Waals surface area (Å²) >= 11 is 0. The van der Waals surface area contributed by atoms with E-state index in [9.17, 15) is 9.59 Å². The van der Waals surface area contributed by atoms with Gasteiger partial charge in [-0.15, -0.1) is 0 Å². The minimum Gasteiger partial charge on any atom is -0.495 e. The number of likely N-dealkylation sites (N-methyl/N-ethyl adjacent to an activating group) is 1. The molecule has 0 spiro atoms. The summed E-state index contributed by atoms with van der Waals surface area (Å²) in [7, 11) is 3.27. The lowest BCUT2D eigenvalue weighted by molar-refractivity contribution is -0.123. The summed E-state index contributed by atoms with van der Waals surface area (Å²) in [5.41, 5.74) is 0.626. The van der Waals surface area contributed by atoms with Crippen LogP contribution < -0.4 is 15.0 Å². The van der Waals surface area contributed by atoms with Crippen LogP contribution in [0.15, 0.2) is 24.3 Å². The highest BCUT2D eigenvalue weighted by Gasteiger charge is 2.25. The Balaban J connectivity index is 2.01.